The maximum absolute atomic E-state index is 13.1. The first kappa shape index (κ1) is 14.5. The lowest BCUT2D eigenvalue weighted by Crippen LogP contribution is -2.35. The van der Waals surface area contributed by atoms with Crippen molar-refractivity contribution in [1.29, 1.82) is 0 Å². The van der Waals surface area contributed by atoms with Crippen molar-refractivity contribution in [2.24, 2.45) is 11.8 Å². The van der Waals surface area contributed by atoms with Crippen LogP contribution in [0.1, 0.15) is 37.3 Å². The monoisotopic (exact) mass is 291 g/mol. The van der Waals surface area contributed by atoms with E-state index in [2.05, 4.69) is 0 Å². The van der Waals surface area contributed by atoms with Crippen LogP contribution >= 0.6 is 0 Å². The van der Waals surface area contributed by atoms with E-state index in [1.54, 1.807) is 17.0 Å². The van der Waals surface area contributed by atoms with E-state index in [-0.39, 0.29) is 24.4 Å². The highest BCUT2D eigenvalue weighted by Gasteiger charge is 2.36. The largest absolute Gasteiger partial charge is 0.371 e. The lowest BCUT2D eigenvalue weighted by molar-refractivity contribution is -0.137. The Bertz CT molecular complexity index is 494. The third-order valence-corrected chi connectivity index (χ3v) is 4.37. The van der Waals surface area contributed by atoms with Crippen molar-refractivity contribution in [2.75, 3.05) is 20.3 Å². The molecule has 0 N–H and O–H groups in total. The summed E-state index contributed by atoms with van der Waals surface area (Å²) in [6, 6.07) is 6.54. The number of likely N-dealkylation sites (N-methyl/N-ethyl adjacent to an activating group) is 1. The molecule has 3 nitrogen and oxygen atoms in total. The fourth-order valence-corrected chi connectivity index (χ4v) is 2.74. The molecule has 114 valence electrons. The first-order chi connectivity index (χ1) is 10.1. The van der Waals surface area contributed by atoms with Gasteiger partial charge in [-0.3, -0.25) is 4.79 Å². The predicted molar refractivity (Wildman–Crippen MR) is 78.2 cm³/mol. The summed E-state index contributed by atoms with van der Waals surface area (Å²) in [5, 5.41) is 0. The van der Waals surface area contributed by atoms with Crippen molar-refractivity contribution < 1.29 is 13.9 Å². The molecule has 0 saturated heterocycles. The summed E-state index contributed by atoms with van der Waals surface area (Å²) in [7, 11) is 1.83. The molecule has 1 atom stereocenters. The van der Waals surface area contributed by atoms with Crippen LogP contribution < -0.4 is 0 Å². The number of amides is 1. The van der Waals surface area contributed by atoms with Gasteiger partial charge in [0.1, 0.15) is 12.4 Å². The maximum Gasteiger partial charge on any atom is 0.248 e. The van der Waals surface area contributed by atoms with E-state index < -0.39 is 0 Å². The molecule has 0 bridgehead atoms. The lowest BCUT2D eigenvalue weighted by Gasteiger charge is -2.29. The summed E-state index contributed by atoms with van der Waals surface area (Å²) in [6.07, 6.45) is 4.71. The second kappa shape index (κ2) is 6.14. The minimum absolute atomic E-state index is 0.0110. The Hall–Kier alpha value is -1.42. The number of carbonyl (C=O) groups excluding carboxylic acids is 1. The maximum atomic E-state index is 13.1. The highest BCUT2D eigenvalue weighted by Crippen LogP contribution is 2.44. The smallest absolute Gasteiger partial charge is 0.248 e. The van der Waals surface area contributed by atoms with Crippen LogP contribution in [0.15, 0.2) is 24.3 Å². The van der Waals surface area contributed by atoms with Gasteiger partial charge in [-0.2, -0.15) is 0 Å². The predicted octanol–water partition coefficient (Wildman–Crippen LogP) is 3.16. The molecule has 1 aromatic rings. The highest BCUT2D eigenvalue weighted by molar-refractivity contribution is 5.77. The van der Waals surface area contributed by atoms with Gasteiger partial charge in [0.15, 0.2) is 0 Å². The van der Waals surface area contributed by atoms with Crippen LogP contribution in [0.5, 0.6) is 0 Å². The molecule has 0 aromatic heterocycles. The van der Waals surface area contributed by atoms with Crippen LogP contribution in [0.25, 0.3) is 0 Å². The molecular formula is C17H22FNO2. The summed E-state index contributed by atoms with van der Waals surface area (Å²) < 4.78 is 18.6. The molecule has 0 heterocycles. The average Bonchev–Trinajstić information content (AvgIpc) is 3.35. The van der Waals surface area contributed by atoms with Crippen LogP contribution in [-0.4, -0.2) is 31.1 Å². The Morgan fingerprint density at radius 1 is 1.29 bits per heavy atom. The number of ether oxygens (including phenoxy) is 1. The van der Waals surface area contributed by atoms with Gasteiger partial charge < -0.3 is 9.64 Å². The minimum Gasteiger partial charge on any atom is -0.371 e. The van der Waals surface area contributed by atoms with E-state index in [1.165, 1.54) is 25.0 Å². The Labute approximate surface area is 125 Å². The Kier molecular flexibility index (Phi) is 4.24. The molecule has 0 radical (unpaired) electrons. The van der Waals surface area contributed by atoms with Gasteiger partial charge in [0.05, 0.1) is 12.6 Å². The number of nitrogens with zero attached hydrogens (tertiary/aromatic N) is 1. The molecule has 1 aromatic carbocycles. The standard InChI is InChI=1S/C17H22FNO2/c1-19(16(20)11-21-10-12-2-3-12)17(13-4-5-13)14-6-8-15(18)9-7-14/h6-9,12-13,17H,2-5,10-11H2,1H3. The minimum atomic E-state index is -0.241. The van der Waals surface area contributed by atoms with Gasteiger partial charge in [0, 0.05) is 7.05 Å². The molecular weight excluding hydrogens is 269 g/mol. The number of halogens is 1. The molecule has 2 fully saturated rings. The Morgan fingerprint density at radius 3 is 2.52 bits per heavy atom. The van der Waals surface area contributed by atoms with Gasteiger partial charge in [-0.1, -0.05) is 12.1 Å². The van der Waals surface area contributed by atoms with Gasteiger partial charge in [-0.25, -0.2) is 4.39 Å². The molecule has 0 spiro atoms. The number of carbonyl (C=O) groups is 1. The van der Waals surface area contributed by atoms with E-state index in [4.69, 9.17) is 4.74 Å². The van der Waals surface area contributed by atoms with Crippen LogP contribution in [0.4, 0.5) is 4.39 Å². The molecule has 2 saturated carbocycles. The molecule has 2 aliphatic carbocycles. The van der Waals surface area contributed by atoms with Gasteiger partial charge in [-0.05, 0) is 55.2 Å². The molecule has 1 amide bonds. The molecule has 0 aliphatic heterocycles. The van der Waals surface area contributed by atoms with Crippen LogP contribution in [0.2, 0.25) is 0 Å². The fourth-order valence-electron chi connectivity index (χ4n) is 2.74. The van der Waals surface area contributed by atoms with Crippen molar-refractivity contribution in [2.45, 2.75) is 31.7 Å². The van der Waals surface area contributed by atoms with Gasteiger partial charge in [0.2, 0.25) is 5.91 Å². The first-order valence-corrected chi connectivity index (χ1v) is 7.74. The summed E-state index contributed by atoms with van der Waals surface area (Å²) in [4.78, 5) is 14.1. The summed E-state index contributed by atoms with van der Waals surface area (Å²) >= 11 is 0. The number of rotatable bonds is 7. The Morgan fingerprint density at radius 2 is 1.95 bits per heavy atom. The van der Waals surface area contributed by atoms with E-state index in [0.717, 1.165) is 18.4 Å². The summed E-state index contributed by atoms with van der Waals surface area (Å²) in [6.45, 7) is 0.849. The van der Waals surface area contributed by atoms with E-state index in [1.807, 2.05) is 7.05 Å². The second-order valence-corrected chi connectivity index (χ2v) is 6.30. The van der Waals surface area contributed by atoms with Gasteiger partial charge in [-0.15, -0.1) is 0 Å². The number of benzene rings is 1. The topological polar surface area (TPSA) is 29.5 Å². The lowest BCUT2D eigenvalue weighted by atomic mass is 10.0. The first-order valence-electron chi connectivity index (χ1n) is 7.74. The summed E-state index contributed by atoms with van der Waals surface area (Å²) in [5.74, 6) is 0.930. The third kappa shape index (κ3) is 3.82. The Balaban J connectivity index is 1.61. The zero-order valence-corrected chi connectivity index (χ0v) is 12.4. The number of hydrogen-bond acceptors (Lipinski definition) is 2. The third-order valence-electron chi connectivity index (χ3n) is 4.37. The van der Waals surface area contributed by atoms with Crippen LogP contribution in [-0.2, 0) is 9.53 Å². The van der Waals surface area contributed by atoms with E-state index in [9.17, 15) is 9.18 Å². The van der Waals surface area contributed by atoms with Crippen molar-refractivity contribution in [3.63, 3.8) is 0 Å². The molecule has 3 rings (SSSR count). The van der Waals surface area contributed by atoms with Crippen molar-refractivity contribution in [3.8, 4) is 0 Å². The second-order valence-electron chi connectivity index (χ2n) is 6.30. The van der Waals surface area contributed by atoms with E-state index in [0.29, 0.717) is 18.4 Å². The van der Waals surface area contributed by atoms with Crippen LogP contribution in [0, 0.1) is 17.7 Å². The molecule has 1 unspecified atom stereocenters. The normalized spacial score (nSPS) is 19.3. The number of hydrogen-bond donors (Lipinski definition) is 0. The SMILES string of the molecule is CN(C(=O)COCC1CC1)C(c1ccc(F)cc1)C1CC1. The molecule has 2 aliphatic rings. The van der Waals surface area contributed by atoms with Gasteiger partial charge in [0.25, 0.3) is 0 Å². The van der Waals surface area contributed by atoms with Crippen molar-refractivity contribution in [1.82, 2.24) is 4.90 Å². The fraction of sp³-hybridized carbons (Fsp3) is 0.588. The molecule has 4 heteroatoms. The molecule has 21 heavy (non-hydrogen) atoms. The van der Waals surface area contributed by atoms with Crippen LogP contribution in [0.3, 0.4) is 0 Å². The zero-order chi connectivity index (χ0) is 14.8. The van der Waals surface area contributed by atoms with E-state index >= 15 is 0 Å². The van der Waals surface area contributed by atoms with Crippen molar-refractivity contribution >= 4 is 5.91 Å². The highest BCUT2D eigenvalue weighted by atomic mass is 19.1. The zero-order valence-electron chi connectivity index (χ0n) is 12.4. The summed E-state index contributed by atoms with van der Waals surface area (Å²) in [5.41, 5.74) is 1.01. The quantitative estimate of drug-likeness (QED) is 0.772. The average molecular weight is 291 g/mol. The van der Waals surface area contributed by atoms with Gasteiger partial charge >= 0.3 is 0 Å². The van der Waals surface area contributed by atoms with Crippen molar-refractivity contribution in [3.05, 3.63) is 35.6 Å².